The molecule has 0 N–H and O–H groups in total. The second-order valence-corrected chi connectivity index (χ2v) is 4.11. The van der Waals surface area contributed by atoms with Crippen LogP contribution in [0.1, 0.15) is 12.0 Å². The largest absolute Gasteiger partial charge is 0.490 e. The zero-order valence-corrected chi connectivity index (χ0v) is 11.1. The highest BCUT2D eigenvalue weighted by molar-refractivity contribution is 5.90. The van der Waals surface area contributed by atoms with E-state index in [0.717, 1.165) is 22.8 Å². The van der Waals surface area contributed by atoms with Gasteiger partial charge in [0.15, 0.2) is 11.5 Å². The number of hydrogen-bond donors (Lipinski definition) is 0. The molecule has 19 heavy (non-hydrogen) atoms. The summed E-state index contributed by atoms with van der Waals surface area (Å²) in [6.45, 7) is 1.31. The third-order valence-electron chi connectivity index (χ3n) is 2.77. The number of nitrogens with zero attached hydrogens (tertiary/aromatic N) is 1. The van der Waals surface area contributed by atoms with Gasteiger partial charge in [0, 0.05) is 19.5 Å². The number of fused-ring (bicyclic) bond motifs is 1. The molecular weight excluding hydrogens is 246 g/mol. The van der Waals surface area contributed by atoms with Crippen LogP contribution >= 0.6 is 0 Å². The quantitative estimate of drug-likeness (QED) is 0.617. The summed E-state index contributed by atoms with van der Waals surface area (Å²) in [7, 11) is 3.00. The normalized spacial score (nSPS) is 14.2. The zero-order valence-electron chi connectivity index (χ0n) is 11.1. The van der Waals surface area contributed by atoms with Crippen LogP contribution in [-0.4, -0.2) is 38.3 Å². The van der Waals surface area contributed by atoms with Crippen LogP contribution in [0.3, 0.4) is 0 Å². The fraction of sp³-hybridized carbons (Fsp3) is 0.357. The van der Waals surface area contributed by atoms with Gasteiger partial charge in [-0.05, 0) is 23.8 Å². The lowest BCUT2D eigenvalue weighted by molar-refractivity contribution is -0.162. The maximum absolute atomic E-state index is 11.5. The smallest absolute Gasteiger partial charge is 0.269 e. The molecule has 0 fully saturated rings. The first kappa shape index (κ1) is 13.4. The standard InChI is InChI=1S/C14H17NO4/c1-15(17-2)14(16)7-5-11-4-6-12-13(10-11)19-9-3-8-18-12/h4-7,10H,3,8-9H2,1-2H3/b7-5+. The topological polar surface area (TPSA) is 48.0 Å². The van der Waals surface area contributed by atoms with Crippen LogP contribution in [0.5, 0.6) is 11.5 Å². The Bertz CT molecular complexity index is 484. The summed E-state index contributed by atoms with van der Waals surface area (Å²) in [4.78, 5) is 16.3. The van der Waals surface area contributed by atoms with Crippen molar-refractivity contribution < 1.29 is 19.1 Å². The van der Waals surface area contributed by atoms with Gasteiger partial charge < -0.3 is 9.47 Å². The molecule has 0 atom stereocenters. The van der Waals surface area contributed by atoms with Gasteiger partial charge in [-0.3, -0.25) is 9.63 Å². The Morgan fingerprint density at radius 2 is 2.05 bits per heavy atom. The van der Waals surface area contributed by atoms with E-state index in [1.165, 1.54) is 13.2 Å². The highest BCUT2D eigenvalue weighted by Crippen LogP contribution is 2.30. The maximum Gasteiger partial charge on any atom is 0.269 e. The van der Waals surface area contributed by atoms with Crippen LogP contribution in [0, 0.1) is 0 Å². The summed E-state index contributed by atoms with van der Waals surface area (Å²) in [6, 6.07) is 5.59. The first-order valence-electron chi connectivity index (χ1n) is 6.10. The van der Waals surface area contributed by atoms with E-state index in [1.54, 1.807) is 13.1 Å². The first-order chi connectivity index (χ1) is 9.20. The summed E-state index contributed by atoms with van der Waals surface area (Å²) in [5, 5.41) is 1.15. The molecule has 1 amide bonds. The van der Waals surface area contributed by atoms with Crippen LogP contribution in [-0.2, 0) is 9.63 Å². The number of amides is 1. The van der Waals surface area contributed by atoms with E-state index >= 15 is 0 Å². The van der Waals surface area contributed by atoms with E-state index in [-0.39, 0.29) is 5.91 Å². The molecule has 0 saturated carbocycles. The van der Waals surface area contributed by atoms with E-state index in [1.807, 2.05) is 18.2 Å². The van der Waals surface area contributed by atoms with Crippen molar-refractivity contribution in [2.45, 2.75) is 6.42 Å². The van der Waals surface area contributed by atoms with E-state index in [0.29, 0.717) is 19.0 Å². The van der Waals surface area contributed by atoms with Crippen molar-refractivity contribution in [2.24, 2.45) is 0 Å². The molecule has 0 radical (unpaired) electrons. The average molecular weight is 263 g/mol. The predicted molar refractivity (Wildman–Crippen MR) is 70.9 cm³/mol. The zero-order chi connectivity index (χ0) is 13.7. The third kappa shape index (κ3) is 3.48. The number of hydroxylamine groups is 2. The molecule has 1 aromatic rings. The van der Waals surface area contributed by atoms with Gasteiger partial charge in [-0.15, -0.1) is 0 Å². The minimum absolute atomic E-state index is 0.227. The van der Waals surface area contributed by atoms with Crippen LogP contribution in [0.2, 0.25) is 0 Å². The second-order valence-electron chi connectivity index (χ2n) is 4.11. The van der Waals surface area contributed by atoms with Crippen molar-refractivity contribution in [3.63, 3.8) is 0 Å². The fourth-order valence-electron chi connectivity index (χ4n) is 1.65. The van der Waals surface area contributed by atoms with E-state index in [9.17, 15) is 4.79 Å². The van der Waals surface area contributed by atoms with Crippen molar-refractivity contribution in [1.29, 1.82) is 0 Å². The van der Waals surface area contributed by atoms with Gasteiger partial charge in [0.05, 0.1) is 20.3 Å². The minimum atomic E-state index is -0.227. The molecule has 5 nitrogen and oxygen atoms in total. The van der Waals surface area contributed by atoms with Crippen molar-refractivity contribution in [3.05, 3.63) is 29.8 Å². The molecule has 0 bridgehead atoms. The molecule has 102 valence electrons. The lowest BCUT2D eigenvalue weighted by Gasteiger charge is -2.10. The average Bonchev–Trinajstić information content (AvgIpc) is 2.68. The highest BCUT2D eigenvalue weighted by atomic mass is 16.7. The number of ether oxygens (including phenoxy) is 2. The van der Waals surface area contributed by atoms with Crippen molar-refractivity contribution in [3.8, 4) is 11.5 Å². The highest BCUT2D eigenvalue weighted by Gasteiger charge is 2.10. The van der Waals surface area contributed by atoms with Gasteiger partial charge in [-0.1, -0.05) is 6.07 Å². The summed E-state index contributed by atoms with van der Waals surface area (Å²) >= 11 is 0. The molecule has 0 aromatic heterocycles. The van der Waals surface area contributed by atoms with Gasteiger partial charge in [-0.25, -0.2) is 5.06 Å². The van der Waals surface area contributed by atoms with Crippen molar-refractivity contribution in [2.75, 3.05) is 27.4 Å². The molecule has 0 unspecified atom stereocenters. The first-order valence-corrected chi connectivity index (χ1v) is 6.10. The molecule has 0 aliphatic carbocycles. The number of benzene rings is 1. The predicted octanol–water partition coefficient (Wildman–Crippen LogP) is 1.88. The SMILES string of the molecule is CON(C)C(=O)/C=C/c1ccc2c(c1)OCCCO2. The van der Waals surface area contributed by atoms with Gasteiger partial charge >= 0.3 is 0 Å². The number of hydrogen-bond acceptors (Lipinski definition) is 4. The second kappa shape index (κ2) is 6.24. The molecule has 1 aliphatic rings. The Morgan fingerprint density at radius 3 is 2.79 bits per heavy atom. The van der Waals surface area contributed by atoms with Gasteiger partial charge in [0.1, 0.15) is 0 Å². The van der Waals surface area contributed by atoms with Crippen LogP contribution < -0.4 is 9.47 Å². The van der Waals surface area contributed by atoms with Crippen molar-refractivity contribution >= 4 is 12.0 Å². The Balaban J connectivity index is 2.11. The maximum atomic E-state index is 11.5. The van der Waals surface area contributed by atoms with Crippen LogP contribution in [0.25, 0.3) is 6.08 Å². The van der Waals surface area contributed by atoms with E-state index in [4.69, 9.17) is 14.3 Å². The van der Waals surface area contributed by atoms with Gasteiger partial charge in [0.25, 0.3) is 5.91 Å². The molecule has 5 heteroatoms. The number of carbonyl (C=O) groups excluding carboxylic acids is 1. The van der Waals surface area contributed by atoms with Crippen LogP contribution in [0.4, 0.5) is 0 Å². The summed E-state index contributed by atoms with van der Waals surface area (Å²) in [6.07, 6.45) is 4.03. The fourth-order valence-corrected chi connectivity index (χ4v) is 1.65. The van der Waals surface area contributed by atoms with E-state index < -0.39 is 0 Å². The number of rotatable bonds is 3. The number of likely N-dealkylation sites (N-methyl/N-ethyl adjacent to an activating group) is 1. The van der Waals surface area contributed by atoms with Crippen molar-refractivity contribution in [1.82, 2.24) is 5.06 Å². The number of carbonyl (C=O) groups is 1. The van der Waals surface area contributed by atoms with Gasteiger partial charge in [0.2, 0.25) is 0 Å². The Kier molecular flexibility index (Phi) is 4.41. The summed E-state index contributed by atoms with van der Waals surface area (Å²) < 4.78 is 11.1. The summed E-state index contributed by atoms with van der Waals surface area (Å²) in [5.41, 5.74) is 0.877. The minimum Gasteiger partial charge on any atom is -0.490 e. The molecule has 0 saturated heterocycles. The molecule has 1 heterocycles. The van der Waals surface area contributed by atoms with Crippen LogP contribution in [0.15, 0.2) is 24.3 Å². The lowest BCUT2D eigenvalue weighted by Crippen LogP contribution is -2.22. The lowest BCUT2D eigenvalue weighted by atomic mass is 10.2. The van der Waals surface area contributed by atoms with Gasteiger partial charge in [-0.2, -0.15) is 0 Å². The molecule has 1 aromatic carbocycles. The van der Waals surface area contributed by atoms with E-state index in [2.05, 4.69) is 0 Å². The third-order valence-corrected chi connectivity index (χ3v) is 2.77. The summed E-state index contributed by atoms with van der Waals surface area (Å²) in [5.74, 6) is 1.23. The molecule has 0 spiro atoms. The molecular formula is C14H17NO4. The Labute approximate surface area is 112 Å². The Hall–Kier alpha value is -2.01. The monoisotopic (exact) mass is 263 g/mol. The Morgan fingerprint density at radius 1 is 1.32 bits per heavy atom. The molecule has 1 aliphatic heterocycles. The molecule has 2 rings (SSSR count).